The molecule has 1 aromatic rings. The summed E-state index contributed by atoms with van der Waals surface area (Å²) in [5.41, 5.74) is 8.24. The molecule has 0 heterocycles. The molecule has 15 heavy (non-hydrogen) atoms. The Morgan fingerprint density at radius 3 is 2.60 bits per heavy atom. The first-order valence-corrected chi connectivity index (χ1v) is 5.40. The second-order valence-corrected chi connectivity index (χ2v) is 3.51. The molecule has 1 radical (unpaired) electrons. The highest BCUT2D eigenvalue weighted by molar-refractivity contribution is 7.80. The number of hydroxylamine groups is 1. The number of hydrogen-bond acceptors (Lipinski definition) is 2. The average molecular weight is 223 g/mol. The molecular weight excluding hydrogens is 208 g/mol. The third-order valence-electron chi connectivity index (χ3n) is 1.89. The second-order valence-electron chi connectivity index (χ2n) is 3.12. The molecule has 1 aromatic carbocycles. The Morgan fingerprint density at radius 2 is 2.07 bits per heavy atom. The quantitative estimate of drug-likeness (QED) is 0.437. The number of hydrogen-bond donors (Lipinski definition) is 0. The molecule has 0 aromatic heterocycles. The fraction of sp³-hybridized carbons (Fsp3) is 0.364. The number of thiocarbonyl (C=S) groups is 1. The van der Waals surface area contributed by atoms with Crippen LogP contribution in [0.15, 0.2) is 30.3 Å². The van der Waals surface area contributed by atoms with Crippen LogP contribution in [0, 0.1) is 0 Å². The molecule has 0 saturated heterocycles. The maximum Gasteiger partial charge on any atom is 0.217 e. The van der Waals surface area contributed by atoms with Crippen molar-refractivity contribution in [2.75, 3.05) is 11.7 Å². The van der Waals surface area contributed by atoms with Gasteiger partial charge in [0.05, 0.1) is 12.3 Å². The van der Waals surface area contributed by atoms with Crippen LogP contribution in [0.4, 0.5) is 5.69 Å². The van der Waals surface area contributed by atoms with Gasteiger partial charge in [0.25, 0.3) is 0 Å². The summed E-state index contributed by atoms with van der Waals surface area (Å²) in [6.07, 6.45) is 2.03. The number of benzene rings is 1. The molecule has 0 fully saturated rings. The fourth-order valence-electron chi connectivity index (χ4n) is 1.11. The van der Waals surface area contributed by atoms with E-state index in [1.54, 1.807) is 0 Å². The molecule has 0 atom stereocenters. The molecule has 0 aliphatic heterocycles. The van der Waals surface area contributed by atoms with E-state index in [4.69, 9.17) is 22.8 Å². The minimum atomic E-state index is -0.0164. The van der Waals surface area contributed by atoms with Crippen LogP contribution in [0.1, 0.15) is 19.8 Å². The van der Waals surface area contributed by atoms with Crippen LogP contribution in [-0.4, -0.2) is 11.7 Å². The van der Waals surface area contributed by atoms with Crippen LogP contribution in [0.3, 0.4) is 0 Å². The average Bonchev–Trinajstić information content (AvgIpc) is 2.25. The number of para-hydroxylation sites is 1. The maximum atomic E-state index is 7.44. The molecule has 0 spiro atoms. The van der Waals surface area contributed by atoms with Gasteiger partial charge in [-0.05, 0) is 30.8 Å². The van der Waals surface area contributed by atoms with Gasteiger partial charge in [0.1, 0.15) is 0 Å². The van der Waals surface area contributed by atoms with Gasteiger partial charge >= 0.3 is 0 Å². The van der Waals surface area contributed by atoms with Crippen molar-refractivity contribution in [3.8, 4) is 0 Å². The van der Waals surface area contributed by atoms with E-state index in [0.29, 0.717) is 6.61 Å². The van der Waals surface area contributed by atoms with Gasteiger partial charge in [-0.2, -0.15) is 5.06 Å². The van der Waals surface area contributed by atoms with E-state index in [9.17, 15) is 0 Å². The minimum Gasteiger partial charge on any atom is -0.273 e. The predicted octanol–water partition coefficient (Wildman–Crippen LogP) is 2.79. The topological polar surface area (TPSA) is 36.3 Å². The highest BCUT2D eigenvalue weighted by atomic mass is 32.1. The van der Waals surface area contributed by atoms with Crippen molar-refractivity contribution in [3.63, 3.8) is 0 Å². The number of nitrogens with one attached hydrogen (secondary N) is 1. The lowest BCUT2D eigenvalue weighted by molar-refractivity contribution is 0.140. The highest BCUT2D eigenvalue weighted by Crippen LogP contribution is 2.14. The normalized spacial score (nSPS) is 9.93. The Balaban J connectivity index is 2.62. The Kier molecular flexibility index (Phi) is 5.07. The van der Waals surface area contributed by atoms with E-state index in [1.165, 1.54) is 5.06 Å². The lowest BCUT2D eigenvalue weighted by atomic mass is 10.3. The molecule has 1 rings (SSSR count). The third kappa shape index (κ3) is 3.85. The molecule has 0 amide bonds. The molecule has 0 aliphatic rings. The van der Waals surface area contributed by atoms with Gasteiger partial charge in [-0.15, -0.1) is 0 Å². The van der Waals surface area contributed by atoms with Gasteiger partial charge in [-0.3, -0.25) is 10.6 Å². The number of rotatable bonds is 5. The van der Waals surface area contributed by atoms with Crippen molar-refractivity contribution >= 4 is 23.0 Å². The second kappa shape index (κ2) is 6.37. The number of unbranched alkanes of at least 4 members (excludes halogenated alkanes) is 1. The van der Waals surface area contributed by atoms with Crippen molar-refractivity contribution in [1.82, 2.24) is 5.73 Å². The van der Waals surface area contributed by atoms with E-state index in [1.807, 2.05) is 30.3 Å². The van der Waals surface area contributed by atoms with Crippen LogP contribution in [0.25, 0.3) is 0 Å². The summed E-state index contributed by atoms with van der Waals surface area (Å²) in [6, 6.07) is 9.44. The Bertz CT molecular complexity index is 303. The van der Waals surface area contributed by atoms with E-state index < -0.39 is 0 Å². The van der Waals surface area contributed by atoms with Gasteiger partial charge in [-0.25, -0.2) is 0 Å². The smallest absolute Gasteiger partial charge is 0.217 e. The zero-order valence-corrected chi connectivity index (χ0v) is 9.59. The van der Waals surface area contributed by atoms with Gasteiger partial charge in [-0.1, -0.05) is 31.5 Å². The maximum absolute atomic E-state index is 7.44. The Morgan fingerprint density at radius 1 is 1.40 bits per heavy atom. The molecule has 81 valence electrons. The minimum absolute atomic E-state index is 0.0164. The number of nitrogens with zero attached hydrogens (tertiary/aromatic N) is 1. The highest BCUT2D eigenvalue weighted by Gasteiger charge is 2.09. The lowest BCUT2D eigenvalue weighted by Crippen LogP contribution is -2.30. The van der Waals surface area contributed by atoms with E-state index >= 15 is 0 Å². The molecule has 4 heteroatoms. The molecule has 3 nitrogen and oxygen atoms in total. The van der Waals surface area contributed by atoms with Gasteiger partial charge in [0.15, 0.2) is 0 Å². The van der Waals surface area contributed by atoms with Crippen LogP contribution in [0.5, 0.6) is 0 Å². The fourth-order valence-corrected chi connectivity index (χ4v) is 1.27. The van der Waals surface area contributed by atoms with Gasteiger partial charge in [0, 0.05) is 0 Å². The van der Waals surface area contributed by atoms with Crippen molar-refractivity contribution < 1.29 is 4.84 Å². The zero-order valence-electron chi connectivity index (χ0n) is 8.77. The molecule has 1 N–H and O–H groups in total. The van der Waals surface area contributed by atoms with Crippen LogP contribution in [-0.2, 0) is 4.84 Å². The van der Waals surface area contributed by atoms with Crippen molar-refractivity contribution in [2.45, 2.75) is 19.8 Å². The standard InChI is InChI=1S/C11H15N2OS/c1-2-3-9-14-13(11(12)15)10-7-5-4-6-8-10/h4-8,12H,2-3,9H2,1H3. The molecule has 0 saturated carbocycles. The van der Waals surface area contributed by atoms with Crippen LogP contribution >= 0.6 is 12.2 Å². The summed E-state index contributed by atoms with van der Waals surface area (Å²) in [6.45, 7) is 2.68. The summed E-state index contributed by atoms with van der Waals surface area (Å²) < 4.78 is 0. The third-order valence-corrected chi connectivity index (χ3v) is 2.06. The van der Waals surface area contributed by atoms with Crippen LogP contribution in [0.2, 0.25) is 0 Å². The first kappa shape index (κ1) is 11.9. The SMILES string of the molecule is CCCCON(C([NH])=S)c1ccccc1. The molecule has 0 aliphatic carbocycles. The van der Waals surface area contributed by atoms with E-state index in [0.717, 1.165) is 18.5 Å². The summed E-state index contributed by atoms with van der Waals surface area (Å²) in [5, 5.41) is 1.36. The summed E-state index contributed by atoms with van der Waals surface area (Å²) >= 11 is 4.82. The summed E-state index contributed by atoms with van der Waals surface area (Å²) in [5.74, 6) is 0. The lowest BCUT2D eigenvalue weighted by Gasteiger charge is -2.20. The number of anilines is 1. The largest absolute Gasteiger partial charge is 0.273 e. The monoisotopic (exact) mass is 223 g/mol. The van der Waals surface area contributed by atoms with Gasteiger partial charge < -0.3 is 0 Å². The molecule has 0 bridgehead atoms. The van der Waals surface area contributed by atoms with Crippen LogP contribution < -0.4 is 10.8 Å². The first-order chi connectivity index (χ1) is 7.25. The zero-order chi connectivity index (χ0) is 11.1. The summed E-state index contributed by atoms with van der Waals surface area (Å²) in [7, 11) is 0. The Labute approximate surface area is 95.8 Å². The van der Waals surface area contributed by atoms with Gasteiger partial charge in [0.2, 0.25) is 5.11 Å². The predicted molar refractivity (Wildman–Crippen MR) is 65.5 cm³/mol. The van der Waals surface area contributed by atoms with Crippen molar-refractivity contribution in [1.29, 1.82) is 0 Å². The Hall–Kier alpha value is -1.13. The first-order valence-electron chi connectivity index (χ1n) is 4.99. The van der Waals surface area contributed by atoms with Crippen molar-refractivity contribution in [2.24, 2.45) is 0 Å². The van der Waals surface area contributed by atoms with E-state index in [2.05, 4.69) is 6.92 Å². The van der Waals surface area contributed by atoms with E-state index in [-0.39, 0.29) is 5.11 Å². The molecule has 0 unspecified atom stereocenters. The van der Waals surface area contributed by atoms with Crippen molar-refractivity contribution in [3.05, 3.63) is 30.3 Å². The summed E-state index contributed by atoms with van der Waals surface area (Å²) in [4.78, 5) is 5.43. The molecular formula is C11H15N2OS.